The van der Waals surface area contributed by atoms with E-state index >= 15 is 0 Å². The molecular formula is C17H28N2O. The molecule has 0 radical (unpaired) electrons. The Hall–Kier alpha value is -1.06. The summed E-state index contributed by atoms with van der Waals surface area (Å²) in [5.74, 6) is 1.74. The van der Waals surface area contributed by atoms with Crippen molar-refractivity contribution in [1.29, 1.82) is 0 Å². The zero-order valence-electron chi connectivity index (χ0n) is 13.3. The lowest BCUT2D eigenvalue weighted by molar-refractivity contribution is 0.290. The molecule has 0 spiro atoms. The zero-order chi connectivity index (χ0) is 14.5. The molecule has 1 heterocycles. The highest BCUT2D eigenvalue weighted by molar-refractivity contribution is 5.39. The van der Waals surface area contributed by atoms with Crippen LogP contribution in [0.1, 0.15) is 25.0 Å². The van der Waals surface area contributed by atoms with Crippen LogP contribution in [0.3, 0.4) is 0 Å². The number of hydrogen-bond acceptors (Lipinski definition) is 3. The highest BCUT2D eigenvalue weighted by Gasteiger charge is 2.14. The first-order chi connectivity index (χ1) is 9.56. The summed E-state index contributed by atoms with van der Waals surface area (Å²) >= 11 is 0. The van der Waals surface area contributed by atoms with E-state index in [1.165, 1.54) is 11.1 Å². The van der Waals surface area contributed by atoms with Crippen molar-refractivity contribution in [1.82, 2.24) is 10.2 Å². The van der Waals surface area contributed by atoms with Gasteiger partial charge in [0.05, 0.1) is 6.61 Å². The van der Waals surface area contributed by atoms with Crippen LogP contribution in [0, 0.1) is 5.92 Å². The van der Waals surface area contributed by atoms with Gasteiger partial charge in [-0.1, -0.05) is 26.0 Å². The summed E-state index contributed by atoms with van der Waals surface area (Å²) in [6.07, 6.45) is 2.15. The Labute approximate surface area is 123 Å². The van der Waals surface area contributed by atoms with Crippen LogP contribution in [0.4, 0.5) is 0 Å². The van der Waals surface area contributed by atoms with Gasteiger partial charge >= 0.3 is 0 Å². The van der Waals surface area contributed by atoms with Gasteiger partial charge in [-0.2, -0.15) is 0 Å². The fourth-order valence-electron chi connectivity index (χ4n) is 2.70. The van der Waals surface area contributed by atoms with Crippen LogP contribution >= 0.6 is 0 Å². The number of nitrogens with zero attached hydrogens (tertiary/aromatic N) is 1. The molecule has 1 aliphatic heterocycles. The molecule has 0 bridgehead atoms. The number of likely N-dealkylation sites (N-methyl/N-ethyl adjacent to an activating group) is 1. The second-order valence-electron chi connectivity index (χ2n) is 6.36. The molecular weight excluding hydrogens is 248 g/mol. The molecule has 0 saturated heterocycles. The number of benzene rings is 1. The summed E-state index contributed by atoms with van der Waals surface area (Å²) in [6.45, 7) is 7.54. The third-order valence-electron chi connectivity index (χ3n) is 3.94. The third-order valence-corrected chi connectivity index (χ3v) is 3.94. The van der Waals surface area contributed by atoms with Gasteiger partial charge in [0.25, 0.3) is 0 Å². The van der Waals surface area contributed by atoms with Crippen LogP contribution in [0.15, 0.2) is 18.2 Å². The Bertz CT molecular complexity index is 429. The maximum Gasteiger partial charge on any atom is 0.122 e. The fraction of sp³-hybridized carbons (Fsp3) is 0.647. The van der Waals surface area contributed by atoms with Crippen LogP contribution in [0.5, 0.6) is 5.75 Å². The molecule has 1 atom stereocenters. The number of fused-ring (bicyclic) bond motifs is 1. The normalized spacial score (nSPS) is 15.5. The molecule has 0 aliphatic carbocycles. The summed E-state index contributed by atoms with van der Waals surface area (Å²) in [4.78, 5) is 2.25. The predicted molar refractivity (Wildman–Crippen MR) is 84.5 cm³/mol. The van der Waals surface area contributed by atoms with Crippen molar-refractivity contribution in [2.45, 2.75) is 32.7 Å². The van der Waals surface area contributed by atoms with E-state index in [1.807, 2.05) is 0 Å². The van der Waals surface area contributed by atoms with E-state index in [4.69, 9.17) is 4.74 Å². The molecule has 1 unspecified atom stereocenters. The lowest BCUT2D eigenvalue weighted by atomic mass is 10.0. The van der Waals surface area contributed by atoms with Crippen molar-refractivity contribution in [2.24, 2.45) is 5.92 Å². The van der Waals surface area contributed by atoms with Gasteiger partial charge in [-0.3, -0.25) is 0 Å². The quantitative estimate of drug-likeness (QED) is 0.827. The minimum atomic E-state index is 0.558. The van der Waals surface area contributed by atoms with E-state index < -0.39 is 0 Å². The Morgan fingerprint density at radius 1 is 1.30 bits per heavy atom. The molecule has 1 aliphatic rings. The van der Waals surface area contributed by atoms with Gasteiger partial charge in [-0.05, 0) is 50.2 Å². The second-order valence-corrected chi connectivity index (χ2v) is 6.36. The molecule has 0 amide bonds. The monoisotopic (exact) mass is 276 g/mol. The third kappa shape index (κ3) is 4.22. The van der Waals surface area contributed by atoms with Crippen LogP contribution in [-0.4, -0.2) is 44.7 Å². The Balaban J connectivity index is 1.82. The SMILES string of the molecule is CC(C)C(CN(C)C)NCCc1ccc2c(c1)CCO2. The van der Waals surface area contributed by atoms with Crippen LogP contribution < -0.4 is 10.1 Å². The van der Waals surface area contributed by atoms with Gasteiger partial charge < -0.3 is 15.0 Å². The molecule has 1 aromatic carbocycles. The molecule has 1 aromatic rings. The Morgan fingerprint density at radius 2 is 2.10 bits per heavy atom. The van der Waals surface area contributed by atoms with Gasteiger partial charge in [-0.25, -0.2) is 0 Å². The molecule has 3 nitrogen and oxygen atoms in total. The van der Waals surface area contributed by atoms with E-state index in [1.54, 1.807) is 0 Å². The number of rotatable bonds is 7. The predicted octanol–water partition coefficient (Wildman–Crippen LogP) is 2.34. The lowest BCUT2D eigenvalue weighted by Gasteiger charge is -2.25. The summed E-state index contributed by atoms with van der Waals surface area (Å²) < 4.78 is 5.55. The highest BCUT2D eigenvalue weighted by Crippen LogP contribution is 2.25. The van der Waals surface area contributed by atoms with Crippen LogP contribution in [-0.2, 0) is 12.8 Å². The van der Waals surface area contributed by atoms with Crippen LogP contribution in [0.25, 0.3) is 0 Å². The van der Waals surface area contributed by atoms with Crippen molar-refractivity contribution in [3.63, 3.8) is 0 Å². The van der Waals surface area contributed by atoms with Crippen molar-refractivity contribution in [2.75, 3.05) is 33.8 Å². The van der Waals surface area contributed by atoms with Crippen molar-refractivity contribution in [3.8, 4) is 5.75 Å². The summed E-state index contributed by atoms with van der Waals surface area (Å²) in [5.41, 5.74) is 2.78. The average molecular weight is 276 g/mol. The van der Waals surface area contributed by atoms with Gasteiger partial charge in [0, 0.05) is 19.0 Å². The zero-order valence-corrected chi connectivity index (χ0v) is 13.3. The van der Waals surface area contributed by atoms with Gasteiger partial charge in [0.2, 0.25) is 0 Å². The van der Waals surface area contributed by atoms with E-state index in [2.05, 4.69) is 56.4 Å². The Morgan fingerprint density at radius 3 is 2.80 bits per heavy atom. The van der Waals surface area contributed by atoms with E-state index in [0.717, 1.165) is 38.3 Å². The molecule has 112 valence electrons. The number of hydrogen-bond donors (Lipinski definition) is 1. The number of ether oxygens (including phenoxy) is 1. The number of nitrogens with one attached hydrogen (secondary N) is 1. The van der Waals surface area contributed by atoms with E-state index in [0.29, 0.717) is 12.0 Å². The largest absolute Gasteiger partial charge is 0.493 e. The first kappa shape index (κ1) is 15.3. The van der Waals surface area contributed by atoms with E-state index in [-0.39, 0.29) is 0 Å². The molecule has 20 heavy (non-hydrogen) atoms. The summed E-state index contributed by atoms with van der Waals surface area (Å²) in [7, 11) is 4.27. The van der Waals surface area contributed by atoms with Crippen LogP contribution in [0.2, 0.25) is 0 Å². The van der Waals surface area contributed by atoms with Crippen molar-refractivity contribution < 1.29 is 4.74 Å². The Kier molecular flexibility index (Phi) is 5.44. The summed E-state index contributed by atoms with van der Waals surface area (Å²) in [6, 6.07) is 7.18. The maximum atomic E-state index is 5.55. The summed E-state index contributed by atoms with van der Waals surface area (Å²) in [5, 5.41) is 3.69. The average Bonchev–Trinajstić information content (AvgIpc) is 2.84. The first-order valence-corrected chi connectivity index (χ1v) is 7.69. The smallest absolute Gasteiger partial charge is 0.122 e. The maximum absolute atomic E-state index is 5.55. The molecule has 1 N–H and O–H groups in total. The minimum absolute atomic E-state index is 0.558. The highest BCUT2D eigenvalue weighted by atomic mass is 16.5. The fourth-order valence-corrected chi connectivity index (χ4v) is 2.70. The van der Waals surface area contributed by atoms with Gasteiger partial charge in [-0.15, -0.1) is 0 Å². The molecule has 3 heteroatoms. The van der Waals surface area contributed by atoms with E-state index in [9.17, 15) is 0 Å². The van der Waals surface area contributed by atoms with Crippen molar-refractivity contribution >= 4 is 0 Å². The molecule has 0 aromatic heterocycles. The minimum Gasteiger partial charge on any atom is -0.493 e. The second kappa shape index (κ2) is 7.09. The molecule has 0 fully saturated rings. The molecule has 2 rings (SSSR count). The van der Waals surface area contributed by atoms with Crippen molar-refractivity contribution in [3.05, 3.63) is 29.3 Å². The topological polar surface area (TPSA) is 24.5 Å². The van der Waals surface area contributed by atoms with Gasteiger partial charge in [0.1, 0.15) is 5.75 Å². The standard InChI is InChI=1S/C17H28N2O/c1-13(2)16(12-19(3)4)18-9-7-14-5-6-17-15(11-14)8-10-20-17/h5-6,11,13,16,18H,7-10,12H2,1-4H3. The molecule has 0 saturated carbocycles. The van der Waals surface area contributed by atoms with Gasteiger partial charge in [0.15, 0.2) is 0 Å². The lowest BCUT2D eigenvalue weighted by Crippen LogP contribution is -2.42. The first-order valence-electron chi connectivity index (χ1n) is 7.69.